The van der Waals surface area contributed by atoms with Crippen LogP contribution in [0.1, 0.15) is 30.9 Å². The number of anilines is 1. The van der Waals surface area contributed by atoms with Gasteiger partial charge < -0.3 is 5.32 Å². The molecule has 1 aliphatic heterocycles. The normalized spacial score (nSPS) is 16.3. The van der Waals surface area contributed by atoms with Gasteiger partial charge in [0.2, 0.25) is 0 Å². The van der Waals surface area contributed by atoms with E-state index >= 15 is 0 Å². The Bertz CT molecular complexity index is 1120. The van der Waals surface area contributed by atoms with Crippen LogP contribution in [0.15, 0.2) is 54.9 Å². The van der Waals surface area contributed by atoms with Crippen LogP contribution in [-0.4, -0.2) is 44.3 Å². The molecular weight excluding hydrogens is 384 g/mol. The first-order valence-corrected chi connectivity index (χ1v) is 10.5. The number of fused-ring (bicyclic) bond motifs is 3. The molecule has 2 aromatic carbocycles. The number of rotatable bonds is 5. The summed E-state index contributed by atoms with van der Waals surface area (Å²) < 4.78 is 1.74. The van der Waals surface area contributed by atoms with Crippen LogP contribution in [0.25, 0.3) is 16.4 Å². The van der Waals surface area contributed by atoms with Crippen molar-refractivity contribution < 1.29 is 0 Å². The molecule has 1 fully saturated rings. The topological polar surface area (TPSA) is 58.4 Å². The van der Waals surface area contributed by atoms with Gasteiger partial charge in [0, 0.05) is 22.3 Å². The summed E-state index contributed by atoms with van der Waals surface area (Å²) in [6.07, 6.45) is 5.46. The summed E-state index contributed by atoms with van der Waals surface area (Å²) in [5, 5.41) is 19.5. The van der Waals surface area contributed by atoms with Crippen molar-refractivity contribution in [2.45, 2.75) is 25.3 Å². The maximum absolute atomic E-state index is 6.13. The maximum atomic E-state index is 6.13. The van der Waals surface area contributed by atoms with Crippen molar-refractivity contribution in [3.05, 3.63) is 65.4 Å². The second kappa shape index (κ2) is 7.97. The number of nitrogens with one attached hydrogen (secondary N) is 1. The Balaban J connectivity index is 1.48. The van der Waals surface area contributed by atoms with Crippen LogP contribution in [0.2, 0.25) is 5.02 Å². The van der Waals surface area contributed by atoms with E-state index < -0.39 is 0 Å². The third kappa shape index (κ3) is 3.66. The molecule has 1 saturated heterocycles. The molecule has 29 heavy (non-hydrogen) atoms. The first-order valence-electron chi connectivity index (χ1n) is 10.1. The van der Waals surface area contributed by atoms with Gasteiger partial charge in [0.25, 0.3) is 0 Å². The summed E-state index contributed by atoms with van der Waals surface area (Å²) in [6, 6.07) is 16.7. The third-order valence-electron chi connectivity index (χ3n) is 5.71. The molecule has 6 nitrogen and oxygen atoms in total. The second-order valence-electron chi connectivity index (χ2n) is 7.54. The summed E-state index contributed by atoms with van der Waals surface area (Å²) in [6.45, 7) is 3.01. The second-order valence-corrected chi connectivity index (χ2v) is 7.97. The fourth-order valence-corrected chi connectivity index (χ4v) is 4.35. The van der Waals surface area contributed by atoms with Crippen molar-refractivity contribution in [1.29, 1.82) is 0 Å². The van der Waals surface area contributed by atoms with Crippen molar-refractivity contribution >= 4 is 33.8 Å². The van der Waals surface area contributed by atoms with E-state index in [1.54, 1.807) is 10.8 Å². The highest BCUT2D eigenvalue weighted by molar-refractivity contribution is 6.30. The van der Waals surface area contributed by atoms with Gasteiger partial charge in [0.15, 0.2) is 11.5 Å². The van der Waals surface area contributed by atoms with Gasteiger partial charge >= 0.3 is 0 Å². The van der Waals surface area contributed by atoms with E-state index in [4.69, 9.17) is 16.7 Å². The summed E-state index contributed by atoms with van der Waals surface area (Å²) >= 11 is 6.13. The molecule has 0 amide bonds. The van der Waals surface area contributed by atoms with Gasteiger partial charge in [-0.3, -0.25) is 4.90 Å². The predicted molar refractivity (Wildman–Crippen MR) is 116 cm³/mol. The van der Waals surface area contributed by atoms with Crippen molar-refractivity contribution in [2.75, 3.05) is 25.0 Å². The summed E-state index contributed by atoms with van der Waals surface area (Å²) in [5.74, 6) is 0.851. The maximum Gasteiger partial charge on any atom is 0.185 e. The molecule has 148 valence electrons. The average molecular weight is 407 g/mol. The van der Waals surface area contributed by atoms with Gasteiger partial charge in [-0.2, -0.15) is 4.52 Å². The smallest absolute Gasteiger partial charge is 0.185 e. The molecule has 2 aromatic heterocycles. The number of halogens is 1. The first-order chi connectivity index (χ1) is 14.3. The van der Waals surface area contributed by atoms with Gasteiger partial charge in [0.05, 0.1) is 6.04 Å². The largest absolute Gasteiger partial charge is 0.366 e. The molecule has 3 heterocycles. The molecule has 7 heteroatoms. The number of benzene rings is 2. The molecule has 1 atom stereocenters. The molecule has 0 aliphatic carbocycles. The fraction of sp³-hybridized carbons (Fsp3) is 0.318. The van der Waals surface area contributed by atoms with Gasteiger partial charge in [-0.1, -0.05) is 54.4 Å². The lowest BCUT2D eigenvalue weighted by Gasteiger charge is -2.35. The number of likely N-dealkylation sites (tertiary alicyclic amines) is 1. The molecule has 1 aliphatic rings. The van der Waals surface area contributed by atoms with E-state index in [-0.39, 0.29) is 6.04 Å². The molecular formula is C22H23ClN6. The quantitative estimate of drug-likeness (QED) is 0.526. The molecule has 4 aromatic rings. The van der Waals surface area contributed by atoms with E-state index in [0.717, 1.165) is 46.9 Å². The highest BCUT2D eigenvalue weighted by atomic mass is 35.5. The minimum absolute atomic E-state index is 0.268. The van der Waals surface area contributed by atoms with Crippen LogP contribution in [0, 0.1) is 0 Å². The minimum atomic E-state index is 0.268. The zero-order chi connectivity index (χ0) is 19.6. The van der Waals surface area contributed by atoms with Crippen LogP contribution in [0.3, 0.4) is 0 Å². The Labute approximate surface area is 174 Å². The van der Waals surface area contributed by atoms with E-state index in [0.29, 0.717) is 0 Å². The zero-order valence-electron chi connectivity index (χ0n) is 16.1. The van der Waals surface area contributed by atoms with Gasteiger partial charge in [0.1, 0.15) is 6.33 Å². The molecule has 0 unspecified atom stereocenters. The summed E-state index contributed by atoms with van der Waals surface area (Å²) in [5.41, 5.74) is 2.05. The number of hydrogen-bond acceptors (Lipinski definition) is 5. The lowest BCUT2D eigenvalue weighted by atomic mass is 10.0. The van der Waals surface area contributed by atoms with Crippen LogP contribution in [-0.2, 0) is 0 Å². The van der Waals surface area contributed by atoms with Gasteiger partial charge in [-0.25, -0.2) is 0 Å². The fourth-order valence-electron chi connectivity index (χ4n) is 4.22. The van der Waals surface area contributed by atoms with E-state index in [1.807, 2.05) is 24.3 Å². The van der Waals surface area contributed by atoms with Crippen LogP contribution in [0.5, 0.6) is 0 Å². The molecule has 0 radical (unpaired) electrons. The Morgan fingerprint density at radius 1 is 0.966 bits per heavy atom. The standard InChI is InChI=1S/C22H23ClN6/c23-17-10-8-16(9-11-17)20(28-12-4-1-5-13-28)14-24-21-18-6-2-3-7-19(18)22-26-25-15-29(22)27-21/h2-3,6-11,15,20H,1,4-5,12-14H2,(H,24,27)/t20-/m1/s1. The monoisotopic (exact) mass is 406 g/mol. The van der Waals surface area contributed by atoms with Crippen LogP contribution >= 0.6 is 11.6 Å². The van der Waals surface area contributed by atoms with Gasteiger partial charge in [-0.05, 0) is 43.6 Å². The number of aromatic nitrogens is 4. The van der Waals surface area contributed by atoms with Crippen LogP contribution in [0.4, 0.5) is 5.82 Å². The van der Waals surface area contributed by atoms with E-state index in [1.165, 1.54) is 24.8 Å². The lowest BCUT2D eigenvalue weighted by molar-refractivity contribution is 0.170. The Hall–Kier alpha value is -2.70. The number of nitrogens with zero attached hydrogens (tertiary/aromatic N) is 5. The molecule has 1 N–H and O–H groups in total. The van der Waals surface area contributed by atoms with E-state index in [2.05, 4.69) is 44.7 Å². The SMILES string of the molecule is Clc1ccc([C@@H](CNc2nn3cnnc3c3ccccc23)N2CCCCC2)cc1. The summed E-state index contributed by atoms with van der Waals surface area (Å²) in [7, 11) is 0. The van der Waals surface area contributed by atoms with Crippen LogP contribution < -0.4 is 5.32 Å². The van der Waals surface area contributed by atoms with Crippen molar-refractivity contribution in [2.24, 2.45) is 0 Å². The molecule has 5 rings (SSSR count). The van der Waals surface area contributed by atoms with Crippen molar-refractivity contribution in [3.8, 4) is 0 Å². The first kappa shape index (κ1) is 18.3. The van der Waals surface area contributed by atoms with Crippen molar-refractivity contribution in [1.82, 2.24) is 24.7 Å². The minimum Gasteiger partial charge on any atom is -0.366 e. The third-order valence-corrected chi connectivity index (χ3v) is 5.96. The zero-order valence-corrected chi connectivity index (χ0v) is 16.9. The number of piperidine rings is 1. The Kier molecular flexibility index (Phi) is 5.04. The van der Waals surface area contributed by atoms with Crippen molar-refractivity contribution in [3.63, 3.8) is 0 Å². The Morgan fingerprint density at radius 2 is 1.72 bits per heavy atom. The summed E-state index contributed by atoms with van der Waals surface area (Å²) in [4.78, 5) is 2.57. The molecule has 0 saturated carbocycles. The van der Waals surface area contributed by atoms with Gasteiger partial charge in [-0.15, -0.1) is 15.3 Å². The molecule has 0 spiro atoms. The van der Waals surface area contributed by atoms with E-state index in [9.17, 15) is 0 Å². The Morgan fingerprint density at radius 3 is 2.52 bits per heavy atom. The predicted octanol–water partition coefficient (Wildman–Crippen LogP) is 4.57. The highest BCUT2D eigenvalue weighted by Gasteiger charge is 2.23. The lowest BCUT2D eigenvalue weighted by Crippen LogP contribution is -2.37. The highest BCUT2D eigenvalue weighted by Crippen LogP contribution is 2.28. The average Bonchev–Trinajstić information content (AvgIpc) is 3.25. The molecule has 0 bridgehead atoms. The number of hydrogen-bond donors (Lipinski definition) is 1.